The first-order valence-electron chi connectivity index (χ1n) is 9.06. The molecule has 0 spiro atoms. The van der Waals surface area contributed by atoms with Crippen LogP contribution in [0.15, 0.2) is 42.6 Å². The van der Waals surface area contributed by atoms with Crippen LogP contribution < -0.4 is 5.32 Å². The van der Waals surface area contributed by atoms with Gasteiger partial charge in [0.1, 0.15) is 10.8 Å². The van der Waals surface area contributed by atoms with E-state index >= 15 is 0 Å². The van der Waals surface area contributed by atoms with Gasteiger partial charge in [-0.05, 0) is 38.5 Å². The molecule has 0 saturated heterocycles. The van der Waals surface area contributed by atoms with Crippen LogP contribution in [0.1, 0.15) is 38.2 Å². The maximum Gasteiger partial charge on any atom is 0.331 e. The first kappa shape index (κ1) is 19.8. The second-order valence-corrected chi connectivity index (χ2v) is 7.40. The van der Waals surface area contributed by atoms with Crippen molar-refractivity contribution in [2.24, 2.45) is 0 Å². The molecule has 146 valence electrons. The van der Waals surface area contributed by atoms with E-state index in [0.717, 1.165) is 16.6 Å². The van der Waals surface area contributed by atoms with Crippen molar-refractivity contribution < 1.29 is 14.3 Å². The summed E-state index contributed by atoms with van der Waals surface area (Å²) in [5.74, 6) is -0.434. The Morgan fingerprint density at radius 3 is 2.82 bits per heavy atom. The van der Waals surface area contributed by atoms with E-state index in [2.05, 4.69) is 15.4 Å². The number of thiazole rings is 1. The standard InChI is InChI=1S/C20H22N4O3S/c1-4-13(2)24-17(11-12-21-24)23-20(26)14(3)27-19(25)10-9-18-22-15-7-5-6-8-16(15)28-18/h5-14H,4H2,1-3H3,(H,23,26)/b10-9+/t13-,14+/m1/s1. The van der Waals surface area contributed by atoms with E-state index in [1.54, 1.807) is 23.0 Å². The molecule has 2 aromatic heterocycles. The van der Waals surface area contributed by atoms with Crippen LogP contribution in [0.5, 0.6) is 0 Å². The van der Waals surface area contributed by atoms with E-state index < -0.39 is 18.0 Å². The Morgan fingerprint density at radius 1 is 1.29 bits per heavy atom. The summed E-state index contributed by atoms with van der Waals surface area (Å²) in [6.07, 6.45) is 4.44. The molecule has 0 aliphatic carbocycles. The molecule has 0 radical (unpaired) electrons. The Kier molecular flexibility index (Phi) is 6.20. The number of ether oxygens (including phenoxy) is 1. The predicted octanol–water partition coefficient (Wildman–Crippen LogP) is 4.05. The van der Waals surface area contributed by atoms with Crippen LogP contribution in [0.4, 0.5) is 5.82 Å². The van der Waals surface area contributed by atoms with Crippen molar-refractivity contribution >= 4 is 45.3 Å². The van der Waals surface area contributed by atoms with Crippen LogP contribution in [-0.2, 0) is 14.3 Å². The van der Waals surface area contributed by atoms with E-state index in [1.807, 2.05) is 38.1 Å². The summed E-state index contributed by atoms with van der Waals surface area (Å²) < 4.78 is 7.97. The molecule has 0 bridgehead atoms. The fourth-order valence-corrected chi connectivity index (χ4v) is 3.40. The number of esters is 1. The molecule has 0 fully saturated rings. The molecular weight excluding hydrogens is 376 g/mol. The van der Waals surface area contributed by atoms with Crippen LogP contribution in [0, 0.1) is 0 Å². The highest BCUT2D eigenvalue weighted by molar-refractivity contribution is 7.19. The van der Waals surface area contributed by atoms with Gasteiger partial charge in [-0.2, -0.15) is 5.10 Å². The lowest BCUT2D eigenvalue weighted by Crippen LogP contribution is -2.30. The molecule has 2 atom stereocenters. The third kappa shape index (κ3) is 4.64. The normalized spacial score (nSPS) is 13.5. The van der Waals surface area contributed by atoms with Crippen molar-refractivity contribution in [3.05, 3.63) is 47.6 Å². The van der Waals surface area contributed by atoms with E-state index in [4.69, 9.17) is 4.74 Å². The summed E-state index contributed by atoms with van der Waals surface area (Å²) in [6.45, 7) is 5.59. The lowest BCUT2D eigenvalue weighted by atomic mass is 10.3. The quantitative estimate of drug-likeness (QED) is 0.479. The maximum absolute atomic E-state index is 12.3. The molecule has 1 N–H and O–H groups in total. The van der Waals surface area contributed by atoms with E-state index in [0.29, 0.717) is 10.8 Å². The summed E-state index contributed by atoms with van der Waals surface area (Å²) in [4.78, 5) is 28.8. The van der Waals surface area contributed by atoms with Gasteiger partial charge in [-0.1, -0.05) is 19.1 Å². The number of fused-ring (bicyclic) bond motifs is 1. The van der Waals surface area contributed by atoms with Gasteiger partial charge in [0.25, 0.3) is 5.91 Å². The molecular formula is C20H22N4O3S. The van der Waals surface area contributed by atoms with Crippen molar-refractivity contribution in [1.82, 2.24) is 14.8 Å². The monoisotopic (exact) mass is 398 g/mol. The number of amides is 1. The molecule has 2 heterocycles. The highest BCUT2D eigenvalue weighted by Gasteiger charge is 2.19. The number of hydrogen-bond donors (Lipinski definition) is 1. The number of nitrogens with one attached hydrogen (secondary N) is 1. The van der Waals surface area contributed by atoms with Gasteiger partial charge >= 0.3 is 5.97 Å². The highest BCUT2D eigenvalue weighted by Crippen LogP contribution is 2.22. The molecule has 1 aromatic carbocycles. The van der Waals surface area contributed by atoms with Crippen LogP contribution >= 0.6 is 11.3 Å². The maximum atomic E-state index is 12.3. The van der Waals surface area contributed by atoms with E-state index in [1.165, 1.54) is 24.3 Å². The van der Waals surface area contributed by atoms with Crippen LogP contribution in [0.3, 0.4) is 0 Å². The zero-order valence-corrected chi connectivity index (χ0v) is 16.8. The largest absolute Gasteiger partial charge is 0.449 e. The van der Waals surface area contributed by atoms with E-state index in [9.17, 15) is 9.59 Å². The minimum atomic E-state index is -0.937. The average molecular weight is 398 g/mol. The second-order valence-electron chi connectivity index (χ2n) is 6.34. The highest BCUT2D eigenvalue weighted by atomic mass is 32.1. The van der Waals surface area contributed by atoms with Gasteiger partial charge in [-0.15, -0.1) is 11.3 Å². The first-order valence-corrected chi connectivity index (χ1v) is 9.88. The van der Waals surface area contributed by atoms with Gasteiger partial charge in [-0.3, -0.25) is 4.79 Å². The van der Waals surface area contributed by atoms with Gasteiger partial charge in [0, 0.05) is 12.1 Å². The van der Waals surface area contributed by atoms with Crippen molar-refractivity contribution in [3.63, 3.8) is 0 Å². The van der Waals surface area contributed by atoms with Crippen LogP contribution in [0.2, 0.25) is 0 Å². The number of hydrogen-bond acceptors (Lipinski definition) is 6. The lowest BCUT2D eigenvalue weighted by Gasteiger charge is -2.16. The molecule has 3 aromatic rings. The number of para-hydroxylation sites is 1. The van der Waals surface area contributed by atoms with Gasteiger partial charge < -0.3 is 10.1 Å². The number of aromatic nitrogens is 3. The van der Waals surface area contributed by atoms with Crippen molar-refractivity contribution in [2.45, 2.75) is 39.3 Å². The smallest absolute Gasteiger partial charge is 0.331 e. The molecule has 0 aliphatic rings. The molecule has 3 rings (SSSR count). The SMILES string of the molecule is CC[C@@H](C)n1nccc1NC(=O)[C@H](C)OC(=O)/C=C/c1nc2ccccc2s1. The predicted molar refractivity (Wildman–Crippen MR) is 110 cm³/mol. The molecule has 1 amide bonds. The Balaban J connectivity index is 1.57. The van der Waals surface area contributed by atoms with Gasteiger partial charge in [-0.25, -0.2) is 14.5 Å². The zero-order valence-electron chi connectivity index (χ0n) is 16.0. The minimum absolute atomic E-state index is 0.153. The molecule has 7 nitrogen and oxygen atoms in total. The van der Waals surface area contributed by atoms with Crippen molar-refractivity contribution in [1.29, 1.82) is 0 Å². The number of benzene rings is 1. The van der Waals surface area contributed by atoms with Gasteiger partial charge in [0.05, 0.1) is 22.5 Å². The number of nitrogens with zero attached hydrogens (tertiary/aromatic N) is 3. The third-order valence-electron chi connectivity index (χ3n) is 4.26. The fraction of sp³-hybridized carbons (Fsp3) is 0.300. The molecule has 0 unspecified atom stereocenters. The Hall–Kier alpha value is -3.00. The van der Waals surface area contributed by atoms with Crippen molar-refractivity contribution in [2.75, 3.05) is 5.32 Å². The van der Waals surface area contributed by atoms with Gasteiger partial charge in [0.2, 0.25) is 0 Å². The van der Waals surface area contributed by atoms with Crippen LogP contribution in [0.25, 0.3) is 16.3 Å². The van der Waals surface area contributed by atoms with Gasteiger partial charge in [0.15, 0.2) is 6.10 Å². The molecule has 0 aliphatic heterocycles. The van der Waals surface area contributed by atoms with Crippen LogP contribution in [-0.4, -0.2) is 32.7 Å². The summed E-state index contributed by atoms with van der Waals surface area (Å²) in [5, 5.41) is 7.67. The fourth-order valence-electron chi connectivity index (χ4n) is 2.53. The summed E-state index contributed by atoms with van der Waals surface area (Å²) >= 11 is 1.48. The Morgan fingerprint density at radius 2 is 2.07 bits per heavy atom. The molecule has 8 heteroatoms. The lowest BCUT2D eigenvalue weighted by molar-refractivity contribution is -0.148. The minimum Gasteiger partial charge on any atom is -0.449 e. The van der Waals surface area contributed by atoms with E-state index in [-0.39, 0.29) is 6.04 Å². The number of carbonyl (C=O) groups is 2. The Labute approximate surface area is 167 Å². The topological polar surface area (TPSA) is 86.1 Å². The molecule has 0 saturated carbocycles. The number of carbonyl (C=O) groups excluding carboxylic acids is 2. The summed E-state index contributed by atoms with van der Waals surface area (Å²) in [5.41, 5.74) is 0.881. The third-order valence-corrected chi connectivity index (χ3v) is 5.27. The Bertz CT molecular complexity index is 975. The second kappa shape index (κ2) is 8.79. The molecule has 28 heavy (non-hydrogen) atoms. The average Bonchev–Trinajstić information content (AvgIpc) is 3.32. The summed E-state index contributed by atoms with van der Waals surface area (Å²) in [6, 6.07) is 9.61. The zero-order chi connectivity index (χ0) is 20.1. The van der Waals surface area contributed by atoms with Crippen molar-refractivity contribution in [3.8, 4) is 0 Å². The first-order chi connectivity index (χ1) is 13.5. The number of rotatable bonds is 7. The number of anilines is 1. The summed E-state index contributed by atoms with van der Waals surface area (Å²) in [7, 11) is 0.